The van der Waals surface area contributed by atoms with Crippen molar-refractivity contribution in [2.24, 2.45) is 0 Å². The van der Waals surface area contributed by atoms with Gasteiger partial charge in [-0.25, -0.2) is 0 Å². The number of hydrogen-bond acceptors (Lipinski definition) is 3. The van der Waals surface area contributed by atoms with E-state index < -0.39 is 0 Å². The fraction of sp³-hybridized carbons (Fsp3) is 0.167. The second-order valence-corrected chi connectivity index (χ2v) is 8.52. The number of nitrogens with one attached hydrogen (secondary N) is 1. The Labute approximate surface area is 174 Å². The normalized spacial score (nSPS) is 15.9. The number of amides is 2. The Morgan fingerprint density at radius 1 is 0.897 bits per heavy atom. The third-order valence-electron chi connectivity index (χ3n) is 4.91. The molecular weight excluding hydrogens is 380 g/mol. The highest BCUT2D eigenvalue weighted by molar-refractivity contribution is 8.00. The summed E-state index contributed by atoms with van der Waals surface area (Å²) in [5, 5.41) is 3.33. The summed E-state index contributed by atoms with van der Waals surface area (Å²) in [6, 6.07) is 24.2. The number of anilines is 2. The molecule has 5 heteroatoms. The molecule has 3 aromatic rings. The predicted octanol–water partition coefficient (Wildman–Crippen LogP) is 5.47. The van der Waals surface area contributed by atoms with E-state index in [9.17, 15) is 9.59 Å². The molecule has 4 nitrogen and oxygen atoms in total. The fourth-order valence-corrected chi connectivity index (χ4v) is 4.46. The van der Waals surface area contributed by atoms with Crippen LogP contribution in [0.5, 0.6) is 0 Å². The Morgan fingerprint density at radius 2 is 1.59 bits per heavy atom. The number of carbonyl (C=O) groups excluding carboxylic acids is 2. The molecule has 1 aliphatic rings. The molecule has 1 atom stereocenters. The van der Waals surface area contributed by atoms with E-state index in [1.54, 1.807) is 36.4 Å². The zero-order valence-corrected chi connectivity index (χ0v) is 17.0. The van der Waals surface area contributed by atoms with Gasteiger partial charge in [-0.05, 0) is 55.0 Å². The van der Waals surface area contributed by atoms with E-state index in [2.05, 4.69) is 18.3 Å². The highest BCUT2D eigenvalue weighted by atomic mass is 32.2. The van der Waals surface area contributed by atoms with Crippen LogP contribution in [-0.4, -0.2) is 23.6 Å². The van der Waals surface area contributed by atoms with Gasteiger partial charge in [0, 0.05) is 33.5 Å². The van der Waals surface area contributed by atoms with Crippen molar-refractivity contribution in [1.29, 1.82) is 0 Å². The fourth-order valence-electron chi connectivity index (χ4n) is 3.34. The molecule has 0 aliphatic carbocycles. The molecule has 0 bridgehead atoms. The summed E-state index contributed by atoms with van der Waals surface area (Å²) in [4.78, 5) is 28.5. The average molecular weight is 403 g/mol. The quantitative estimate of drug-likeness (QED) is 0.632. The lowest BCUT2D eigenvalue weighted by Gasteiger charge is -2.22. The van der Waals surface area contributed by atoms with Gasteiger partial charge in [-0.3, -0.25) is 9.59 Å². The van der Waals surface area contributed by atoms with E-state index in [1.807, 2.05) is 53.1 Å². The number of fused-ring (bicyclic) bond motifs is 1. The van der Waals surface area contributed by atoms with Crippen molar-refractivity contribution < 1.29 is 9.59 Å². The van der Waals surface area contributed by atoms with Crippen molar-refractivity contribution in [2.75, 3.05) is 16.8 Å². The first kappa shape index (κ1) is 19.3. The number of para-hydroxylation sites is 1. The molecular formula is C24H22N2O2S. The lowest BCUT2D eigenvalue weighted by atomic mass is 10.1. The summed E-state index contributed by atoms with van der Waals surface area (Å²) < 4.78 is 0. The third kappa shape index (κ3) is 4.35. The molecule has 4 rings (SSSR count). The van der Waals surface area contributed by atoms with Crippen molar-refractivity contribution in [3.8, 4) is 0 Å². The molecule has 0 fully saturated rings. The van der Waals surface area contributed by atoms with Crippen LogP contribution in [0.25, 0.3) is 0 Å². The minimum absolute atomic E-state index is 0.0203. The maximum atomic E-state index is 13.2. The number of nitrogens with zero attached hydrogens (tertiary/aromatic N) is 1. The van der Waals surface area contributed by atoms with Crippen LogP contribution in [0.4, 0.5) is 11.4 Å². The van der Waals surface area contributed by atoms with Crippen LogP contribution in [0.1, 0.15) is 34.1 Å². The first-order valence-electron chi connectivity index (χ1n) is 9.66. The zero-order valence-electron chi connectivity index (χ0n) is 16.2. The van der Waals surface area contributed by atoms with Gasteiger partial charge in [0.2, 0.25) is 0 Å². The molecule has 1 unspecified atom stereocenters. The van der Waals surface area contributed by atoms with Gasteiger partial charge in [-0.1, -0.05) is 37.3 Å². The van der Waals surface area contributed by atoms with Crippen LogP contribution in [0, 0.1) is 0 Å². The van der Waals surface area contributed by atoms with Crippen LogP contribution in [0.2, 0.25) is 0 Å². The molecule has 0 spiro atoms. The minimum atomic E-state index is -0.169. The van der Waals surface area contributed by atoms with Crippen molar-refractivity contribution >= 4 is 35.0 Å². The van der Waals surface area contributed by atoms with Gasteiger partial charge in [0.05, 0.1) is 5.69 Å². The van der Waals surface area contributed by atoms with E-state index in [-0.39, 0.29) is 11.8 Å². The van der Waals surface area contributed by atoms with Crippen molar-refractivity contribution in [1.82, 2.24) is 0 Å². The summed E-state index contributed by atoms with van der Waals surface area (Å²) in [5.41, 5.74) is 2.83. The minimum Gasteiger partial charge on any atom is -0.322 e. The molecule has 1 aliphatic heterocycles. The first-order valence-corrected chi connectivity index (χ1v) is 10.5. The molecule has 2 amide bonds. The highest BCUT2D eigenvalue weighted by Gasteiger charge is 2.24. The first-order chi connectivity index (χ1) is 14.1. The van der Waals surface area contributed by atoms with Crippen molar-refractivity contribution in [3.05, 3.63) is 90.0 Å². The van der Waals surface area contributed by atoms with Gasteiger partial charge < -0.3 is 10.2 Å². The van der Waals surface area contributed by atoms with Gasteiger partial charge in [0.15, 0.2) is 0 Å². The standard InChI is InChI=1S/C24H22N2O2S/c1-17-15-16-26(21-9-5-6-10-22(21)29-17)24(28)19-11-13-20(14-12-19)25-23(27)18-7-3-2-4-8-18/h2-14,17H,15-16H2,1H3,(H,25,27). The Morgan fingerprint density at radius 3 is 2.34 bits per heavy atom. The maximum absolute atomic E-state index is 13.2. The summed E-state index contributed by atoms with van der Waals surface area (Å²) >= 11 is 1.81. The van der Waals surface area contributed by atoms with Crippen LogP contribution >= 0.6 is 11.8 Å². The molecule has 1 N–H and O–H groups in total. The zero-order chi connectivity index (χ0) is 20.2. The van der Waals surface area contributed by atoms with Gasteiger partial charge in [-0.2, -0.15) is 0 Å². The Bertz CT molecular complexity index is 1020. The van der Waals surface area contributed by atoms with Crippen LogP contribution < -0.4 is 10.2 Å². The van der Waals surface area contributed by atoms with Crippen molar-refractivity contribution in [2.45, 2.75) is 23.5 Å². The maximum Gasteiger partial charge on any atom is 0.258 e. The second-order valence-electron chi connectivity index (χ2n) is 7.04. The Kier molecular flexibility index (Phi) is 5.67. The lowest BCUT2D eigenvalue weighted by Crippen LogP contribution is -2.32. The Balaban J connectivity index is 1.52. The number of thioether (sulfide) groups is 1. The molecule has 0 radical (unpaired) electrons. The smallest absolute Gasteiger partial charge is 0.258 e. The van der Waals surface area contributed by atoms with E-state index in [0.29, 0.717) is 28.6 Å². The molecule has 29 heavy (non-hydrogen) atoms. The van der Waals surface area contributed by atoms with Gasteiger partial charge in [0.1, 0.15) is 0 Å². The Hall–Kier alpha value is -3.05. The molecule has 0 saturated heterocycles. The van der Waals surface area contributed by atoms with Crippen LogP contribution in [-0.2, 0) is 0 Å². The summed E-state index contributed by atoms with van der Waals surface area (Å²) in [7, 11) is 0. The summed E-state index contributed by atoms with van der Waals surface area (Å²) in [6.07, 6.45) is 0.941. The van der Waals surface area contributed by atoms with E-state index in [1.165, 1.54) is 0 Å². The number of benzene rings is 3. The van der Waals surface area contributed by atoms with Crippen LogP contribution in [0.15, 0.2) is 83.8 Å². The van der Waals surface area contributed by atoms with Crippen LogP contribution in [0.3, 0.4) is 0 Å². The van der Waals surface area contributed by atoms with E-state index in [0.717, 1.165) is 17.0 Å². The SMILES string of the molecule is CC1CCN(C(=O)c2ccc(NC(=O)c3ccccc3)cc2)c2ccccc2S1. The van der Waals surface area contributed by atoms with Gasteiger partial charge in [0.25, 0.3) is 11.8 Å². The van der Waals surface area contributed by atoms with Gasteiger partial charge in [-0.15, -0.1) is 11.8 Å². The second kappa shape index (κ2) is 8.53. The largest absolute Gasteiger partial charge is 0.322 e. The van der Waals surface area contributed by atoms with E-state index in [4.69, 9.17) is 0 Å². The summed E-state index contributed by atoms with van der Waals surface area (Å²) in [6.45, 7) is 2.89. The topological polar surface area (TPSA) is 49.4 Å². The molecule has 0 aromatic heterocycles. The molecule has 1 heterocycles. The summed E-state index contributed by atoms with van der Waals surface area (Å²) in [5.74, 6) is -0.190. The van der Waals surface area contributed by atoms with Crippen molar-refractivity contribution in [3.63, 3.8) is 0 Å². The number of carbonyl (C=O) groups is 2. The number of rotatable bonds is 3. The number of hydrogen-bond donors (Lipinski definition) is 1. The molecule has 146 valence electrons. The average Bonchev–Trinajstić information content (AvgIpc) is 2.92. The lowest BCUT2D eigenvalue weighted by molar-refractivity contribution is 0.0985. The monoisotopic (exact) mass is 402 g/mol. The molecule has 0 saturated carbocycles. The van der Waals surface area contributed by atoms with E-state index >= 15 is 0 Å². The third-order valence-corrected chi connectivity index (χ3v) is 6.15. The predicted molar refractivity (Wildman–Crippen MR) is 119 cm³/mol. The molecule has 3 aromatic carbocycles. The highest BCUT2D eigenvalue weighted by Crippen LogP contribution is 2.37. The van der Waals surface area contributed by atoms with Gasteiger partial charge >= 0.3 is 0 Å².